The Morgan fingerprint density at radius 1 is 1.65 bits per heavy atom. The topological polar surface area (TPSA) is 84.2 Å². The van der Waals surface area contributed by atoms with E-state index < -0.39 is 15.9 Å². The summed E-state index contributed by atoms with van der Waals surface area (Å²) in [5, 5.41) is 16.8. The number of sulfone groups is 1. The molecule has 1 aliphatic rings. The molecule has 2 N–H and O–H groups in total. The van der Waals surface area contributed by atoms with E-state index in [9.17, 15) is 13.5 Å². The van der Waals surface area contributed by atoms with Gasteiger partial charge in [0.1, 0.15) is 4.90 Å². The maximum absolute atomic E-state index is 11.2. The fourth-order valence-corrected chi connectivity index (χ4v) is 2.06. The lowest BCUT2D eigenvalue weighted by atomic mass is 10.3. The van der Waals surface area contributed by atoms with Gasteiger partial charge in [0.2, 0.25) is 0 Å². The minimum atomic E-state index is -3.21. The molecule has 0 aliphatic heterocycles. The van der Waals surface area contributed by atoms with Crippen molar-refractivity contribution in [3.05, 3.63) is 12.4 Å². The van der Waals surface area contributed by atoms with Crippen LogP contribution in [0.3, 0.4) is 0 Å². The maximum Gasteiger partial charge on any atom is 0.178 e. The van der Waals surface area contributed by atoms with Crippen molar-refractivity contribution < 1.29 is 13.5 Å². The van der Waals surface area contributed by atoms with Crippen LogP contribution in [0.15, 0.2) is 17.3 Å². The van der Waals surface area contributed by atoms with Gasteiger partial charge in [0.25, 0.3) is 0 Å². The van der Waals surface area contributed by atoms with E-state index in [1.807, 2.05) is 0 Å². The van der Waals surface area contributed by atoms with Gasteiger partial charge in [-0.25, -0.2) is 8.42 Å². The molecular formula is C10H17N3O3S. The summed E-state index contributed by atoms with van der Waals surface area (Å²) >= 11 is 0. The van der Waals surface area contributed by atoms with E-state index in [4.69, 9.17) is 0 Å². The van der Waals surface area contributed by atoms with Gasteiger partial charge in [-0.3, -0.25) is 4.68 Å². The van der Waals surface area contributed by atoms with Gasteiger partial charge in [-0.15, -0.1) is 0 Å². The van der Waals surface area contributed by atoms with Crippen LogP contribution in [0.4, 0.5) is 0 Å². The molecule has 1 saturated carbocycles. The second-order valence-electron chi connectivity index (χ2n) is 4.51. The third-order valence-corrected chi connectivity index (χ3v) is 3.72. The molecule has 1 fully saturated rings. The minimum absolute atomic E-state index is 0.180. The summed E-state index contributed by atoms with van der Waals surface area (Å²) < 4.78 is 23.9. The first-order valence-corrected chi connectivity index (χ1v) is 7.48. The lowest BCUT2D eigenvalue weighted by Gasteiger charge is -2.11. The number of hydrogen-bond donors (Lipinski definition) is 2. The summed E-state index contributed by atoms with van der Waals surface area (Å²) in [5.41, 5.74) is 0. The summed E-state index contributed by atoms with van der Waals surface area (Å²) in [6.45, 7) is 0.813. The second-order valence-corrected chi connectivity index (χ2v) is 6.52. The van der Waals surface area contributed by atoms with Crippen molar-refractivity contribution in [1.82, 2.24) is 15.1 Å². The molecule has 0 amide bonds. The number of aromatic nitrogens is 2. The molecular weight excluding hydrogens is 242 g/mol. The predicted molar refractivity (Wildman–Crippen MR) is 62.4 cm³/mol. The van der Waals surface area contributed by atoms with E-state index in [0.29, 0.717) is 19.1 Å². The Kier molecular flexibility index (Phi) is 3.50. The van der Waals surface area contributed by atoms with E-state index in [2.05, 4.69) is 10.4 Å². The molecule has 0 bridgehead atoms. The second kappa shape index (κ2) is 4.75. The Balaban J connectivity index is 1.87. The highest BCUT2D eigenvalue weighted by Crippen LogP contribution is 2.18. The van der Waals surface area contributed by atoms with Crippen LogP contribution >= 0.6 is 0 Å². The number of hydrogen-bond acceptors (Lipinski definition) is 5. The Morgan fingerprint density at radius 2 is 2.35 bits per heavy atom. The number of nitrogens with zero attached hydrogens (tertiary/aromatic N) is 2. The van der Waals surface area contributed by atoms with Crippen molar-refractivity contribution in [1.29, 1.82) is 0 Å². The van der Waals surface area contributed by atoms with Gasteiger partial charge in [0, 0.05) is 25.0 Å². The maximum atomic E-state index is 11.2. The Bertz CT molecular complexity index is 479. The monoisotopic (exact) mass is 259 g/mol. The van der Waals surface area contributed by atoms with Gasteiger partial charge in [-0.2, -0.15) is 5.10 Å². The fraction of sp³-hybridized carbons (Fsp3) is 0.700. The van der Waals surface area contributed by atoms with E-state index in [0.717, 1.165) is 6.26 Å². The highest BCUT2D eigenvalue weighted by Gasteiger charge is 2.21. The first-order valence-electron chi connectivity index (χ1n) is 5.59. The number of aliphatic hydroxyl groups is 1. The summed E-state index contributed by atoms with van der Waals surface area (Å²) in [7, 11) is -3.21. The zero-order chi connectivity index (χ0) is 12.5. The molecule has 1 heterocycles. The molecule has 0 saturated heterocycles. The molecule has 0 spiro atoms. The summed E-state index contributed by atoms with van der Waals surface area (Å²) in [5.74, 6) is 0. The smallest absolute Gasteiger partial charge is 0.178 e. The standard InChI is InChI=1S/C10H17N3O3S/c1-17(15,16)10-5-12-13(7-10)6-9(14)4-11-8-2-3-8/h5,7-9,11,14H,2-4,6H2,1H3. The Morgan fingerprint density at radius 3 is 2.88 bits per heavy atom. The van der Waals surface area contributed by atoms with Crippen molar-refractivity contribution in [2.45, 2.75) is 36.4 Å². The van der Waals surface area contributed by atoms with Gasteiger partial charge in [-0.1, -0.05) is 0 Å². The fourth-order valence-electron chi connectivity index (χ4n) is 1.51. The first-order chi connectivity index (χ1) is 7.95. The van der Waals surface area contributed by atoms with Crippen molar-refractivity contribution in [3.8, 4) is 0 Å². The van der Waals surface area contributed by atoms with Gasteiger partial charge < -0.3 is 10.4 Å². The predicted octanol–water partition coefficient (Wildman–Crippen LogP) is -0.600. The summed E-state index contributed by atoms with van der Waals surface area (Å²) in [6, 6.07) is 0.550. The quantitative estimate of drug-likeness (QED) is 0.712. The highest BCUT2D eigenvalue weighted by atomic mass is 32.2. The molecule has 1 atom stereocenters. The van der Waals surface area contributed by atoms with Gasteiger partial charge >= 0.3 is 0 Å². The normalized spacial score (nSPS) is 18.2. The molecule has 0 aromatic carbocycles. The first kappa shape index (κ1) is 12.5. The number of rotatable bonds is 6. The van der Waals surface area contributed by atoms with E-state index >= 15 is 0 Å². The average molecular weight is 259 g/mol. The number of nitrogens with one attached hydrogen (secondary N) is 1. The van der Waals surface area contributed by atoms with Crippen LogP contribution in [0.25, 0.3) is 0 Å². The molecule has 1 unspecified atom stereocenters. The zero-order valence-electron chi connectivity index (χ0n) is 9.70. The van der Waals surface area contributed by atoms with E-state index in [1.165, 1.54) is 29.9 Å². The van der Waals surface area contributed by atoms with Crippen LogP contribution in [0.5, 0.6) is 0 Å². The molecule has 2 rings (SSSR count). The van der Waals surface area contributed by atoms with Crippen molar-refractivity contribution in [2.24, 2.45) is 0 Å². The largest absolute Gasteiger partial charge is 0.390 e. The molecule has 1 aliphatic carbocycles. The number of aliphatic hydroxyl groups excluding tert-OH is 1. The molecule has 96 valence electrons. The van der Waals surface area contributed by atoms with Crippen molar-refractivity contribution >= 4 is 9.84 Å². The minimum Gasteiger partial charge on any atom is -0.390 e. The Labute approximate surface area is 101 Å². The third kappa shape index (κ3) is 3.79. The van der Waals surface area contributed by atoms with Crippen LogP contribution in [-0.4, -0.2) is 48.3 Å². The lowest BCUT2D eigenvalue weighted by Crippen LogP contribution is -2.31. The van der Waals surface area contributed by atoms with Gasteiger partial charge in [0.05, 0.1) is 18.8 Å². The van der Waals surface area contributed by atoms with Crippen molar-refractivity contribution in [3.63, 3.8) is 0 Å². The molecule has 7 heteroatoms. The van der Waals surface area contributed by atoms with Gasteiger partial charge in [0.15, 0.2) is 9.84 Å². The van der Waals surface area contributed by atoms with Crippen LogP contribution < -0.4 is 5.32 Å². The highest BCUT2D eigenvalue weighted by molar-refractivity contribution is 7.90. The van der Waals surface area contributed by atoms with Gasteiger partial charge in [-0.05, 0) is 12.8 Å². The van der Waals surface area contributed by atoms with Crippen LogP contribution in [0.2, 0.25) is 0 Å². The zero-order valence-corrected chi connectivity index (χ0v) is 10.5. The third-order valence-electron chi connectivity index (χ3n) is 2.66. The molecule has 6 nitrogen and oxygen atoms in total. The van der Waals surface area contributed by atoms with Crippen LogP contribution in [0.1, 0.15) is 12.8 Å². The Hall–Kier alpha value is -0.920. The molecule has 1 aromatic rings. The average Bonchev–Trinajstić information content (AvgIpc) is 2.93. The van der Waals surface area contributed by atoms with Crippen LogP contribution in [0, 0.1) is 0 Å². The van der Waals surface area contributed by atoms with E-state index in [1.54, 1.807) is 0 Å². The molecule has 17 heavy (non-hydrogen) atoms. The molecule has 0 radical (unpaired) electrons. The SMILES string of the molecule is CS(=O)(=O)c1cnn(CC(O)CNC2CC2)c1. The summed E-state index contributed by atoms with van der Waals surface area (Å²) in [4.78, 5) is 0.180. The lowest BCUT2D eigenvalue weighted by molar-refractivity contribution is 0.146. The molecule has 1 aromatic heterocycles. The van der Waals surface area contributed by atoms with Crippen LogP contribution in [-0.2, 0) is 16.4 Å². The van der Waals surface area contributed by atoms with Crippen molar-refractivity contribution in [2.75, 3.05) is 12.8 Å². The van der Waals surface area contributed by atoms with E-state index in [-0.39, 0.29) is 4.90 Å². The summed E-state index contributed by atoms with van der Waals surface area (Å²) in [6.07, 6.45) is 5.67.